The fourth-order valence-electron chi connectivity index (χ4n) is 2.74. The van der Waals surface area contributed by atoms with Crippen LogP contribution < -0.4 is 0 Å². The molecule has 0 radical (unpaired) electrons. The van der Waals surface area contributed by atoms with Gasteiger partial charge in [0.1, 0.15) is 0 Å². The highest BCUT2D eigenvalue weighted by atomic mass is 19.4. The Balaban J connectivity index is 6.07. The van der Waals surface area contributed by atoms with Crippen molar-refractivity contribution in [3.05, 3.63) is 12.2 Å². The van der Waals surface area contributed by atoms with Crippen LogP contribution in [-0.4, -0.2) is 60.2 Å². The summed E-state index contributed by atoms with van der Waals surface area (Å²) in [6.45, 7) is 4.00. The van der Waals surface area contributed by atoms with Crippen molar-refractivity contribution in [1.29, 1.82) is 0 Å². The smallest absolute Gasteiger partial charge is 0.452 e. The molecule has 0 bridgehead atoms. The van der Waals surface area contributed by atoms with E-state index in [-0.39, 0.29) is 12.2 Å². The molecule has 0 rings (SSSR count). The van der Waals surface area contributed by atoms with Crippen molar-refractivity contribution < 1.29 is 80.5 Å². The molecule has 0 spiro atoms. The van der Waals surface area contributed by atoms with Gasteiger partial charge < -0.3 is 9.47 Å². The number of ether oxygens (including phenoxy) is 2. The molecule has 0 aliphatic rings. The van der Waals surface area contributed by atoms with Gasteiger partial charge in [0.05, 0.1) is 0 Å². The molecular weight excluding hydrogens is 570 g/mol. The molecule has 0 aromatic heterocycles. The molecule has 224 valence electrons. The molecule has 2 unspecified atom stereocenters. The van der Waals surface area contributed by atoms with Gasteiger partial charge in [-0.2, -0.15) is 61.5 Å². The van der Waals surface area contributed by atoms with Crippen LogP contribution in [-0.2, 0) is 19.1 Å². The van der Waals surface area contributed by atoms with Crippen LogP contribution in [0.2, 0.25) is 0 Å². The Kier molecular flexibility index (Phi) is 9.73. The first-order chi connectivity index (χ1) is 16.3. The Bertz CT molecular complexity index is 817. The molecule has 0 saturated heterocycles. The normalized spacial score (nSPS) is 16.8. The van der Waals surface area contributed by atoms with Crippen molar-refractivity contribution in [3.63, 3.8) is 0 Å². The summed E-state index contributed by atoms with van der Waals surface area (Å²) in [5.41, 5.74) is -4.63. The summed E-state index contributed by atoms with van der Waals surface area (Å²) in [7, 11) is 0. The minimum Gasteiger partial charge on any atom is -0.452 e. The van der Waals surface area contributed by atoms with E-state index in [4.69, 9.17) is 0 Å². The minimum absolute atomic E-state index is 0.289. The Hall–Kier alpha value is -2.30. The molecule has 18 heteroatoms. The van der Waals surface area contributed by atoms with Crippen LogP contribution in [0.25, 0.3) is 0 Å². The van der Waals surface area contributed by atoms with E-state index in [1.165, 1.54) is 0 Å². The molecule has 0 amide bonds. The second-order valence-electron chi connectivity index (χ2n) is 10.1. The van der Waals surface area contributed by atoms with E-state index in [0.29, 0.717) is 41.5 Å². The highest BCUT2D eigenvalue weighted by Gasteiger charge is 2.78. The van der Waals surface area contributed by atoms with E-state index in [2.05, 4.69) is 9.47 Å². The summed E-state index contributed by atoms with van der Waals surface area (Å²) in [5.74, 6) is -30.1. The maximum Gasteiger partial charge on any atom is 0.460 e. The molecule has 0 aromatic rings. The number of rotatable bonds is 8. The van der Waals surface area contributed by atoms with Gasteiger partial charge in [0, 0.05) is 23.0 Å². The first kappa shape index (κ1) is 35.7. The van der Waals surface area contributed by atoms with E-state index >= 15 is 0 Å². The number of carbonyl (C=O) groups excluding carboxylic acids is 2. The molecular formula is C20H22F14O4. The van der Waals surface area contributed by atoms with Crippen molar-refractivity contribution in [1.82, 2.24) is 0 Å². The van der Waals surface area contributed by atoms with Crippen LogP contribution in [0.3, 0.4) is 0 Å². The van der Waals surface area contributed by atoms with Crippen LogP contribution in [0.5, 0.6) is 0 Å². The number of hydrogen-bond donors (Lipinski definition) is 0. The Morgan fingerprint density at radius 3 is 0.868 bits per heavy atom. The number of carbonyl (C=O) groups is 2. The van der Waals surface area contributed by atoms with Gasteiger partial charge in [0.2, 0.25) is 0 Å². The zero-order valence-electron chi connectivity index (χ0n) is 20.2. The average Bonchev–Trinajstić information content (AvgIpc) is 2.64. The molecule has 2 atom stereocenters. The molecule has 0 heterocycles. The second-order valence-corrected chi connectivity index (χ2v) is 10.1. The van der Waals surface area contributed by atoms with E-state index in [9.17, 15) is 71.1 Å². The Morgan fingerprint density at radius 1 is 0.500 bits per heavy atom. The third-order valence-electron chi connectivity index (χ3n) is 4.60. The van der Waals surface area contributed by atoms with Gasteiger partial charge in [0.15, 0.2) is 12.2 Å². The van der Waals surface area contributed by atoms with E-state index in [0.717, 1.165) is 0 Å². The number of hydrogen-bond acceptors (Lipinski definition) is 4. The van der Waals surface area contributed by atoms with Crippen LogP contribution in [0.1, 0.15) is 41.5 Å². The fraction of sp³-hybridized carbons (Fsp3) is 0.800. The van der Waals surface area contributed by atoms with Crippen molar-refractivity contribution in [2.24, 2.45) is 10.8 Å². The Labute approximate surface area is 206 Å². The summed E-state index contributed by atoms with van der Waals surface area (Å²) >= 11 is 0. The van der Waals surface area contributed by atoms with Crippen LogP contribution in [0.4, 0.5) is 61.5 Å². The topological polar surface area (TPSA) is 52.6 Å². The van der Waals surface area contributed by atoms with Gasteiger partial charge in [-0.15, -0.1) is 0 Å². The molecule has 4 nitrogen and oxygen atoms in total. The molecule has 38 heavy (non-hydrogen) atoms. The zero-order chi connectivity index (χ0) is 31.1. The van der Waals surface area contributed by atoms with Crippen LogP contribution in [0, 0.1) is 10.8 Å². The number of halogens is 14. The summed E-state index contributed by atoms with van der Waals surface area (Å²) in [6.07, 6.45) is -21.2. The highest BCUT2D eigenvalue weighted by molar-refractivity contribution is 5.91. The summed E-state index contributed by atoms with van der Waals surface area (Å²) in [4.78, 5) is 23.6. The predicted molar refractivity (Wildman–Crippen MR) is 99.7 cm³/mol. The summed E-state index contributed by atoms with van der Waals surface area (Å²) in [6, 6.07) is 0. The third-order valence-corrected chi connectivity index (χ3v) is 4.60. The van der Waals surface area contributed by atoms with Crippen LogP contribution in [0.15, 0.2) is 12.2 Å². The van der Waals surface area contributed by atoms with Gasteiger partial charge in [-0.25, -0.2) is 9.59 Å². The second kappa shape index (κ2) is 10.4. The maximum atomic E-state index is 14.2. The van der Waals surface area contributed by atoms with Crippen molar-refractivity contribution in [2.75, 3.05) is 0 Å². The quantitative estimate of drug-likeness (QED) is 0.171. The van der Waals surface area contributed by atoms with Gasteiger partial charge in [-0.1, -0.05) is 41.5 Å². The summed E-state index contributed by atoms with van der Waals surface area (Å²) in [5, 5.41) is 0. The predicted octanol–water partition coefficient (Wildman–Crippen LogP) is 7.12. The molecule has 0 aliphatic carbocycles. The monoisotopic (exact) mass is 592 g/mol. The molecule has 0 aliphatic heterocycles. The van der Waals surface area contributed by atoms with Crippen molar-refractivity contribution in [3.8, 4) is 0 Å². The lowest BCUT2D eigenvalue weighted by Crippen LogP contribution is -2.62. The van der Waals surface area contributed by atoms with Gasteiger partial charge in [-0.05, 0) is 0 Å². The summed E-state index contributed by atoms with van der Waals surface area (Å²) < 4.78 is 193. The lowest BCUT2D eigenvalue weighted by atomic mass is 9.82. The molecule has 0 aromatic carbocycles. The highest BCUT2D eigenvalue weighted by Crippen LogP contribution is 2.53. The minimum atomic E-state index is -6.81. The van der Waals surface area contributed by atoms with E-state index in [1.54, 1.807) is 0 Å². The largest absolute Gasteiger partial charge is 0.460 e. The standard InChI is InChI=1S/C20H22F14O4/c1-13(2,3)11(15(21,22)17(25,26)19(29,30)31)37-9(35)7-8-10(36)38-12(14(4,5)6)16(23,24)18(27,28)20(32,33)34/h7-8,11-12H,1-6H3/b8-7+. The van der Waals surface area contributed by atoms with Crippen molar-refractivity contribution >= 4 is 11.9 Å². The third kappa shape index (κ3) is 7.21. The SMILES string of the molecule is CC(C)(C)C(OC(=O)/C=C/C(=O)OC(C(C)(C)C)C(F)(F)C(F)(F)C(F)(F)F)C(F)(F)C(F)(F)C(F)(F)F. The molecule has 0 N–H and O–H groups in total. The fourth-order valence-corrected chi connectivity index (χ4v) is 2.74. The van der Waals surface area contributed by atoms with E-state index in [1.807, 2.05) is 0 Å². The average molecular weight is 592 g/mol. The van der Waals surface area contributed by atoms with Crippen molar-refractivity contribution in [2.45, 2.75) is 89.8 Å². The number of esters is 2. The lowest BCUT2D eigenvalue weighted by Gasteiger charge is -2.39. The number of alkyl halides is 14. The zero-order valence-corrected chi connectivity index (χ0v) is 20.2. The first-order valence-electron chi connectivity index (χ1n) is 10.00. The maximum absolute atomic E-state index is 14.2. The Morgan fingerprint density at radius 2 is 0.711 bits per heavy atom. The van der Waals surface area contributed by atoms with Crippen LogP contribution >= 0.6 is 0 Å². The van der Waals surface area contributed by atoms with Gasteiger partial charge in [0.25, 0.3) is 0 Å². The van der Waals surface area contributed by atoms with Gasteiger partial charge in [-0.3, -0.25) is 0 Å². The molecule has 0 fully saturated rings. The molecule has 0 saturated carbocycles. The first-order valence-corrected chi connectivity index (χ1v) is 10.00. The van der Waals surface area contributed by atoms with Gasteiger partial charge >= 0.3 is 48.0 Å². The lowest BCUT2D eigenvalue weighted by molar-refractivity contribution is -0.377. The van der Waals surface area contributed by atoms with E-state index < -0.39 is 71.0 Å².